The highest BCUT2D eigenvalue weighted by Crippen LogP contribution is 2.19. The monoisotopic (exact) mass is 679 g/mol. The van der Waals surface area contributed by atoms with Crippen LogP contribution in [0.5, 0.6) is 0 Å². The summed E-state index contributed by atoms with van der Waals surface area (Å²) in [5, 5.41) is 17.6. The first-order valence-corrected chi connectivity index (χ1v) is 22.3. The molecule has 0 aromatic carbocycles. The van der Waals surface area contributed by atoms with Crippen molar-refractivity contribution in [1.29, 1.82) is 0 Å². The van der Waals surface area contributed by atoms with Crippen LogP contribution in [0.25, 0.3) is 0 Å². The van der Waals surface area contributed by atoms with Crippen molar-refractivity contribution in [2.45, 2.75) is 258 Å². The van der Waals surface area contributed by atoms with Crippen molar-refractivity contribution in [2.75, 3.05) is 13.1 Å². The highest BCUT2D eigenvalue weighted by Gasteiger charge is 2.22. The molecule has 3 N–H and O–H groups in total. The van der Waals surface area contributed by atoms with Crippen LogP contribution >= 0.6 is 0 Å². The maximum Gasteiger partial charge on any atom is 0.306 e. The number of carbonyl (C=O) groups is 1. The molecule has 0 aliphatic heterocycles. The maximum atomic E-state index is 12.3. The summed E-state index contributed by atoms with van der Waals surface area (Å²) in [7, 11) is 0. The van der Waals surface area contributed by atoms with Crippen LogP contribution in [0.2, 0.25) is 0 Å². The SMILES string of the molecule is CCCCCCCCCCCCCCCCC(CC(NCCCCCCCCCCCC)NCCCCCCCCCCCC)C(=O)O. The molecule has 0 amide bonds. The Balaban J connectivity index is 4.28. The number of nitrogens with one attached hydrogen (secondary N) is 2. The number of unbranched alkanes of at least 4 members (excludes halogenated alkanes) is 31. The van der Waals surface area contributed by atoms with Crippen molar-refractivity contribution in [3.63, 3.8) is 0 Å². The van der Waals surface area contributed by atoms with Crippen LogP contribution < -0.4 is 10.6 Å². The van der Waals surface area contributed by atoms with Gasteiger partial charge in [-0.2, -0.15) is 0 Å². The number of rotatable bonds is 42. The van der Waals surface area contributed by atoms with Gasteiger partial charge in [-0.25, -0.2) is 0 Å². The second-order valence-electron chi connectivity index (χ2n) is 15.5. The number of carboxylic acids is 1. The topological polar surface area (TPSA) is 61.4 Å². The Labute approximate surface area is 302 Å². The van der Waals surface area contributed by atoms with Crippen molar-refractivity contribution in [1.82, 2.24) is 10.6 Å². The van der Waals surface area contributed by atoms with Gasteiger partial charge in [-0.3, -0.25) is 4.79 Å². The predicted molar refractivity (Wildman–Crippen MR) is 214 cm³/mol. The summed E-state index contributed by atoms with van der Waals surface area (Å²) >= 11 is 0. The quantitative estimate of drug-likeness (QED) is 0.0444. The fourth-order valence-electron chi connectivity index (χ4n) is 7.23. The van der Waals surface area contributed by atoms with Crippen molar-refractivity contribution in [3.8, 4) is 0 Å². The Morgan fingerprint density at radius 3 is 0.917 bits per heavy atom. The van der Waals surface area contributed by atoms with Crippen LogP contribution in [0.1, 0.15) is 252 Å². The lowest BCUT2D eigenvalue weighted by atomic mass is 9.95. The zero-order valence-electron chi connectivity index (χ0n) is 33.4. The molecule has 48 heavy (non-hydrogen) atoms. The normalized spacial score (nSPS) is 12.3. The number of hydrogen-bond donors (Lipinski definition) is 3. The molecule has 4 nitrogen and oxygen atoms in total. The van der Waals surface area contributed by atoms with E-state index in [9.17, 15) is 9.90 Å². The van der Waals surface area contributed by atoms with Gasteiger partial charge in [0.15, 0.2) is 0 Å². The lowest BCUT2D eigenvalue weighted by Crippen LogP contribution is -2.45. The van der Waals surface area contributed by atoms with E-state index in [1.165, 1.54) is 212 Å². The lowest BCUT2D eigenvalue weighted by molar-refractivity contribution is -0.142. The van der Waals surface area contributed by atoms with Crippen LogP contribution in [0.15, 0.2) is 0 Å². The molecule has 0 fully saturated rings. The Hall–Kier alpha value is -0.610. The zero-order chi connectivity index (χ0) is 35.0. The predicted octanol–water partition coefficient (Wildman–Crippen LogP) is 14.3. The molecular formula is C44H90N2O2. The molecule has 4 heteroatoms. The largest absolute Gasteiger partial charge is 0.481 e. The van der Waals surface area contributed by atoms with E-state index in [-0.39, 0.29) is 12.1 Å². The van der Waals surface area contributed by atoms with Gasteiger partial charge in [-0.15, -0.1) is 0 Å². The maximum absolute atomic E-state index is 12.3. The Morgan fingerprint density at radius 1 is 0.396 bits per heavy atom. The third-order valence-electron chi connectivity index (χ3n) is 10.6. The van der Waals surface area contributed by atoms with Gasteiger partial charge in [0, 0.05) is 0 Å². The summed E-state index contributed by atoms with van der Waals surface area (Å²) in [6.07, 6.45) is 47.5. The highest BCUT2D eigenvalue weighted by atomic mass is 16.4. The van der Waals surface area contributed by atoms with E-state index < -0.39 is 5.97 Å². The first kappa shape index (κ1) is 47.4. The molecular weight excluding hydrogens is 588 g/mol. The summed E-state index contributed by atoms with van der Waals surface area (Å²) in [4.78, 5) is 12.3. The molecule has 0 spiro atoms. The van der Waals surface area contributed by atoms with Crippen LogP contribution in [0.3, 0.4) is 0 Å². The molecule has 0 aliphatic rings. The first-order chi connectivity index (χ1) is 23.7. The summed E-state index contributed by atoms with van der Waals surface area (Å²) in [5.74, 6) is -0.844. The van der Waals surface area contributed by atoms with Crippen molar-refractivity contribution in [2.24, 2.45) is 5.92 Å². The van der Waals surface area contributed by atoms with Gasteiger partial charge in [-0.05, 0) is 38.8 Å². The Morgan fingerprint density at radius 2 is 0.646 bits per heavy atom. The molecule has 0 aromatic rings. The molecule has 0 saturated carbocycles. The van der Waals surface area contributed by atoms with Crippen molar-refractivity contribution in [3.05, 3.63) is 0 Å². The van der Waals surface area contributed by atoms with Gasteiger partial charge in [0.1, 0.15) is 0 Å². The molecule has 288 valence electrons. The standard InChI is InChI=1S/C44H90N2O2/c1-4-7-10-13-16-19-22-23-24-25-26-29-32-35-38-42(44(47)48)41-43(45-39-36-33-30-27-20-17-14-11-8-5-2)46-40-37-34-31-28-21-18-15-12-9-6-3/h42-43,45-46H,4-41H2,1-3H3,(H,47,48). The summed E-state index contributed by atoms with van der Waals surface area (Å²) in [6, 6.07) is 0. The highest BCUT2D eigenvalue weighted by molar-refractivity contribution is 5.69. The Kier molecular flexibility index (Phi) is 40.3. The van der Waals surface area contributed by atoms with E-state index >= 15 is 0 Å². The fourth-order valence-corrected chi connectivity index (χ4v) is 7.23. The Bertz CT molecular complexity index is 587. The number of hydrogen-bond acceptors (Lipinski definition) is 3. The molecule has 0 saturated heterocycles. The minimum atomic E-state index is -0.601. The second kappa shape index (κ2) is 40.8. The van der Waals surface area contributed by atoms with E-state index in [4.69, 9.17) is 0 Å². The van der Waals surface area contributed by atoms with E-state index in [2.05, 4.69) is 31.4 Å². The van der Waals surface area contributed by atoms with Crippen molar-refractivity contribution < 1.29 is 9.90 Å². The third kappa shape index (κ3) is 36.7. The van der Waals surface area contributed by atoms with Crippen molar-refractivity contribution >= 4 is 5.97 Å². The van der Waals surface area contributed by atoms with E-state index in [1.54, 1.807) is 0 Å². The lowest BCUT2D eigenvalue weighted by Gasteiger charge is -2.24. The fraction of sp³-hybridized carbons (Fsp3) is 0.977. The van der Waals surface area contributed by atoms with E-state index in [0.717, 1.165) is 25.9 Å². The molecule has 0 aromatic heterocycles. The molecule has 0 bridgehead atoms. The smallest absolute Gasteiger partial charge is 0.306 e. The molecule has 1 unspecified atom stereocenters. The average molecular weight is 679 g/mol. The van der Waals surface area contributed by atoms with Crippen LogP contribution in [-0.4, -0.2) is 30.3 Å². The van der Waals surface area contributed by atoms with Gasteiger partial charge in [0.25, 0.3) is 0 Å². The van der Waals surface area contributed by atoms with Gasteiger partial charge in [0.05, 0.1) is 12.1 Å². The molecule has 0 aliphatic carbocycles. The molecule has 0 radical (unpaired) electrons. The molecule has 0 heterocycles. The van der Waals surface area contributed by atoms with Crippen LogP contribution in [0, 0.1) is 5.92 Å². The van der Waals surface area contributed by atoms with Gasteiger partial charge in [-0.1, -0.05) is 226 Å². The number of aliphatic carboxylic acids is 1. The summed E-state index contributed by atoms with van der Waals surface area (Å²) in [5.41, 5.74) is 0. The third-order valence-corrected chi connectivity index (χ3v) is 10.6. The number of carboxylic acid groups (broad SMARTS) is 1. The van der Waals surface area contributed by atoms with E-state index in [0.29, 0.717) is 6.42 Å². The summed E-state index contributed by atoms with van der Waals surface area (Å²) in [6.45, 7) is 8.86. The average Bonchev–Trinajstić information content (AvgIpc) is 3.08. The summed E-state index contributed by atoms with van der Waals surface area (Å²) < 4.78 is 0. The van der Waals surface area contributed by atoms with Crippen LogP contribution in [-0.2, 0) is 4.79 Å². The van der Waals surface area contributed by atoms with Gasteiger partial charge < -0.3 is 15.7 Å². The van der Waals surface area contributed by atoms with Crippen LogP contribution in [0.4, 0.5) is 0 Å². The molecule has 0 rings (SSSR count). The first-order valence-electron chi connectivity index (χ1n) is 22.3. The molecule has 1 atom stereocenters. The second-order valence-corrected chi connectivity index (χ2v) is 15.5. The van der Waals surface area contributed by atoms with Gasteiger partial charge >= 0.3 is 5.97 Å². The minimum Gasteiger partial charge on any atom is -0.481 e. The minimum absolute atomic E-state index is 0.120. The van der Waals surface area contributed by atoms with Gasteiger partial charge in [0.2, 0.25) is 0 Å². The van der Waals surface area contributed by atoms with E-state index in [1.807, 2.05) is 0 Å². The zero-order valence-corrected chi connectivity index (χ0v) is 33.4.